The molecule has 0 aromatic carbocycles. The van der Waals surface area contributed by atoms with Gasteiger partial charge in [0.1, 0.15) is 25.9 Å². The highest BCUT2D eigenvalue weighted by Gasteiger charge is 2.26. The Morgan fingerprint density at radius 3 is 1.39 bits per heavy atom. The van der Waals surface area contributed by atoms with E-state index in [2.05, 4.69) is 24.1 Å². The van der Waals surface area contributed by atoms with Crippen molar-refractivity contribution in [3.8, 4) is 0 Å². The third-order valence-corrected chi connectivity index (χ3v) is 12.6. The summed E-state index contributed by atoms with van der Waals surface area (Å²) < 4.78 is 29.1. The number of ether oxygens (including phenoxy) is 5. The van der Waals surface area contributed by atoms with Crippen LogP contribution in [0.4, 0.5) is 0 Å². The number of unbranched alkanes of at least 4 members (excludes halogenated alkanes) is 28. The summed E-state index contributed by atoms with van der Waals surface area (Å²) in [5, 5.41) is 3.13. The van der Waals surface area contributed by atoms with Crippen molar-refractivity contribution in [3.05, 3.63) is 32.6 Å². The summed E-state index contributed by atoms with van der Waals surface area (Å²) in [6.45, 7) is 6.13. The second kappa shape index (κ2) is 40.4. The van der Waals surface area contributed by atoms with Crippen LogP contribution in [0.1, 0.15) is 244 Å². The molecule has 0 amide bonds. The average molecular weight is 948 g/mol. The topological polar surface area (TPSA) is 181 Å². The fraction of sp³-hybridized carbons (Fsp3) is 0.849. The predicted octanol–water partition coefficient (Wildman–Crippen LogP) is 11.2. The van der Waals surface area contributed by atoms with Gasteiger partial charge in [-0.25, -0.2) is 4.79 Å². The number of hydrogen-bond donors (Lipinski definition) is 2. The van der Waals surface area contributed by atoms with E-state index in [0.29, 0.717) is 25.1 Å². The summed E-state index contributed by atoms with van der Waals surface area (Å²) in [5.41, 5.74) is -0.722. The molecule has 2 heterocycles. The molecule has 1 fully saturated rings. The molecular formula is C53H93N3O11. The van der Waals surface area contributed by atoms with E-state index < -0.39 is 47.6 Å². The Bertz CT molecular complexity index is 1560. The van der Waals surface area contributed by atoms with Gasteiger partial charge in [0.15, 0.2) is 12.3 Å². The Kier molecular flexibility index (Phi) is 35.9. The van der Waals surface area contributed by atoms with Crippen molar-refractivity contribution >= 4 is 23.9 Å². The van der Waals surface area contributed by atoms with E-state index in [4.69, 9.17) is 23.7 Å². The van der Waals surface area contributed by atoms with Crippen LogP contribution < -0.4 is 16.6 Å². The lowest BCUT2D eigenvalue weighted by Crippen LogP contribution is -2.48. The number of aryl methyl sites for hydroxylation is 1. The van der Waals surface area contributed by atoms with Gasteiger partial charge in [-0.2, -0.15) is 0 Å². The number of rotatable bonds is 43. The molecule has 386 valence electrons. The quantitative estimate of drug-likeness (QED) is 0.0360. The highest BCUT2D eigenvalue weighted by Crippen LogP contribution is 2.17. The van der Waals surface area contributed by atoms with Crippen molar-refractivity contribution in [3.63, 3.8) is 0 Å². The van der Waals surface area contributed by atoms with E-state index in [0.717, 1.165) is 38.5 Å². The fourth-order valence-electron chi connectivity index (χ4n) is 8.37. The first-order chi connectivity index (χ1) is 32.6. The molecule has 3 atom stereocenters. The zero-order valence-corrected chi connectivity index (χ0v) is 42.3. The molecule has 1 aliphatic heterocycles. The van der Waals surface area contributed by atoms with Gasteiger partial charge in [-0.1, -0.05) is 194 Å². The molecular weight excluding hydrogens is 855 g/mol. The molecule has 2 rings (SSSR count). The minimum absolute atomic E-state index is 0.114. The zero-order valence-electron chi connectivity index (χ0n) is 42.3. The van der Waals surface area contributed by atoms with Gasteiger partial charge in [0.05, 0.1) is 12.8 Å². The molecule has 14 nitrogen and oxygen atoms in total. The Morgan fingerprint density at radius 1 is 0.552 bits per heavy atom. The zero-order chi connectivity index (χ0) is 48.6. The SMILES string of the molecule is CCCCCCCCCCCCCCCCCC(=O)OCC(COC(=O)CCC(=O)OC[C@@H]1CNC[C@H](n2cc(C)c(=O)[nH]c2=O)O1)OC(=O)CCCCCCCCCCCCCCCCC. The van der Waals surface area contributed by atoms with Crippen molar-refractivity contribution in [2.24, 2.45) is 0 Å². The van der Waals surface area contributed by atoms with Crippen LogP contribution in [0.3, 0.4) is 0 Å². The van der Waals surface area contributed by atoms with Gasteiger partial charge in [0.25, 0.3) is 5.56 Å². The van der Waals surface area contributed by atoms with Gasteiger partial charge < -0.3 is 29.0 Å². The number of nitrogens with one attached hydrogen (secondary N) is 2. The van der Waals surface area contributed by atoms with Gasteiger partial charge in [0.2, 0.25) is 0 Å². The minimum atomic E-state index is -0.965. The predicted molar refractivity (Wildman–Crippen MR) is 264 cm³/mol. The molecule has 1 saturated heterocycles. The Balaban J connectivity index is 1.68. The van der Waals surface area contributed by atoms with Crippen LogP contribution in [-0.2, 0) is 42.9 Å². The third-order valence-electron chi connectivity index (χ3n) is 12.6. The van der Waals surface area contributed by atoms with Gasteiger partial charge in [-0.15, -0.1) is 0 Å². The van der Waals surface area contributed by atoms with Crippen molar-refractivity contribution in [1.29, 1.82) is 0 Å². The highest BCUT2D eigenvalue weighted by molar-refractivity contribution is 5.77. The van der Waals surface area contributed by atoms with Crippen LogP contribution in [0.2, 0.25) is 0 Å². The maximum absolute atomic E-state index is 12.9. The van der Waals surface area contributed by atoms with Crippen LogP contribution in [0.5, 0.6) is 0 Å². The molecule has 1 aromatic heterocycles. The summed E-state index contributed by atoms with van der Waals surface area (Å²) in [6.07, 6.45) is 36.1. The van der Waals surface area contributed by atoms with E-state index in [1.807, 2.05) is 0 Å². The Labute approximate surface area is 403 Å². The first kappa shape index (κ1) is 59.6. The number of morpholine rings is 1. The number of esters is 4. The molecule has 1 aromatic rings. The summed E-state index contributed by atoms with van der Waals surface area (Å²) in [4.78, 5) is 77.1. The normalized spacial score (nSPS) is 15.3. The lowest BCUT2D eigenvalue weighted by Gasteiger charge is -2.31. The number of nitrogens with zero attached hydrogens (tertiary/aromatic N) is 1. The van der Waals surface area contributed by atoms with Gasteiger partial charge in [-0.05, 0) is 19.8 Å². The van der Waals surface area contributed by atoms with Crippen molar-refractivity contribution in [1.82, 2.24) is 14.9 Å². The first-order valence-electron chi connectivity index (χ1n) is 27.0. The highest BCUT2D eigenvalue weighted by atomic mass is 16.6. The number of aromatic nitrogens is 2. The smallest absolute Gasteiger partial charge is 0.330 e. The molecule has 0 bridgehead atoms. The molecule has 0 radical (unpaired) electrons. The summed E-state index contributed by atoms with van der Waals surface area (Å²) in [5.74, 6) is -2.14. The molecule has 67 heavy (non-hydrogen) atoms. The van der Waals surface area contributed by atoms with Gasteiger partial charge in [-0.3, -0.25) is 33.5 Å². The van der Waals surface area contributed by atoms with Crippen LogP contribution in [-0.4, -0.2) is 78.5 Å². The molecule has 0 aliphatic carbocycles. The number of aromatic amines is 1. The first-order valence-corrected chi connectivity index (χ1v) is 27.0. The molecule has 1 unspecified atom stereocenters. The average Bonchev–Trinajstić information content (AvgIpc) is 3.32. The number of carbonyl (C=O) groups is 4. The minimum Gasteiger partial charge on any atom is -0.463 e. The third kappa shape index (κ3) is 32.0. The number of hydrogen-bond acceptors (Lipinski definition) is 12. The van der Waals surface area contributed by atoms with Gasteiger partial charge >= 0.3 is 29.6 Å². The van der Waals surface area contributed by atoms with E-state index in [9.17, 15) is 28.8 Å². The molecule has 2 N–H and O–H groups in total. The summed E-state index contributed by atoms with van der Waals surface area (Å²) in [7, 11) is 0. The van der Waals surface area contributed by atoms with Crippen molar-refractivity contribution in [2.45, 2.75) is 258 Å². The van der Waals surface area contributed by atoms with Crippen LogP contribution in [0, 0.1) is 6.92 Å². The Hall–Kier alpha value is -3.52. The number of H-pyrrole nitrogens is 1. The van der Waals surface area contributed by atoms with Crippen LogP contribution >= 0.6 is 0 Å². The Morgan fingerprint density at radius 2 is 0.940 bits per heavy atom. The van der Waals surface area contributed by atoms with Crippen LogP contribution in [0.25, 0.3) is 0 Å². The number of carbonyl (C=O) groups excluding carboxylic acids is 4. The second-order valence-corrected chi connectivity index (χ2v) is 18.9. The maximum atomic E-state index is 12.9. The summed E-state index contributed by atoms with van der Waals surface area (Å²) in [6, 6.07) is 0. The van der Waals surface area contributed by atoms with Crippen molar-refractivity contribution in [2.75, 3.05) is 32.9 Å². The molecule has 1 aliphatic rings. The molecule has 0 saturated carbocycles. The molecule has 0 spiro atoms. The second-order valence-electron chi connectivity index (χ2n) is 18.9. The lowest BCUT2D eigenvalue weighted by atomic mass is 10.0. The largest absolute Gasteiger partial charge is 0.463 e. The van der Waals surface area contributed by atoms with E-state index >= 15 is 0 Å². The fourth-order valence-corrected chi connectivity index (χ4v) is 8.37. The van der Waals surface area contributed by atoms with Crippen molar-refractivity contribution < 1.29 is 42.9 Å². The lowest BCUT2D eigenvalue weighted by molar-refractivity contribution is -0.167. The molecule has 14 heteroatoms. The standard InChI is InChI=1S/C53H93N3O11/c1-4-6-8-10-12-14-16-18-20-22-24-26-28-30-32-34-48(57)64-42-46(67-51(60)35-33-31-29-27-25-23-21-19-17-15-13-11-9-7-5-2)43-65-50(59)37-36-49(58)63-41-45-38-54-39-47(66-45)56-40-44(3)52(61)55-53(56)62/h40,45-47,54H,4-39,41-43H2,1-3H3,(H,55,61,62)/t45-,46?,47+/m0/s1. The van der Waals surface area contributed by atoms with E-state index in [1.165, 1.54) is 158 Å². The van der Waals surface area contributed by atoms with Crippen LogP contribution in [0.15, 0.2) is 15.8 Å². The maximum Gasteiger partial charge on any atom is 0.330 e. The monoisotopic (exact) mass is 948 g/mol. The van der Waals surface area contributed by atoms with Gasteiger partial charge in [0, 0.05) is 37.7 Å². The van der Waals surface area contributed by atoms with E-state index in [1.54, 1.807) is 6.92 Å². The summed E-state index contributed by atoms with van der Waals surface area (Å²) >= 11 is 0. The van der Waals surface area contributed by atoms with E-state index in [-0.39, 0.29) is 51.5 Å².